The fourth-order valence-corrected chi connectivity index (χ4v) is 3.23. The van der Waals surface area contributed by atoms with Crippen LogP contribution in [-0.2, 0) is 4.74 Å². The third-order valence-electron chi connectivity index (χ3n) is 4.48. The third kappa shape index (κ3) is 5.38. The number of hydrogen-bond donors (Lipinski definition) is 3. The summed E-state index contributed by atoms with van der Waals surface area (Å²) in [6.07, 6.45) is 9.08. The summed E-state index contributed by atoms with van der Waals surface area (Å²) >= 11 is 0. The van der Waals surface area contributed by atoms with Crippen molar-refractivity contribution in [1.82, 2.24) is 5.32 Å². The van der Waals surface area contributed by atoms with Gasteiger partial charge in [0.2, 0.25) is 0 Å². The molecular formula is C15H29NO3. The topological polar surface area (TPSA) is 61.7 Å². The number of rotatable bonds is 7. The summed E-state index contributed by atoms with van der Waals surface area (Å²) in [7, 11) is 0. The highest BCUT2D eigenvalue weighted by Crippen LogP contribution is 2.24. The van der Waals surface area contributed by atoms with E-state index in [1.54, 1.807) is 0 Å². The van der Waals surface area contributed by atoms with Crippen LogP contribution < -0.4 is 5.32 Å². The Kier molecular flexibility index (Phi) is 6.57. The van der Waals surface area contributed by atoms with Crippen LogP contribution in [0.5, 0.6) is 0 Å². The maximum atomic E-state index is 9.87. The van der Waals surface area contributed by atoms with Gasteiger partial charge in [0.25, 0.3) is 0 Å². The highest BCUT2D eigenvalue weighted by Gasteiger charge is 2.24. The first-order valence-electron chi connectivity index (χ1n) is 7.94. The van der Waals surface area contributed by atoms with Crippen LogP contribution in [0, 0.1) is 5.92 Å². The predicted octanol–water partition coefficient (Wildman–Crippen LogP) is 1.45. The molecule has 0 heterocycles. The lowest BCUT2D eigenvalue weighted by atomic mass is 9.98. The molecule has 2 aliphatic rings. The summed E-state index contributed by atoms with van der Waals surface area (Å²) in [6.45, 7) is 1.81. The molecule has 0 amide bonds. The molecule has 2 fully saturated rings. The zero-order chi connectivity index (χ0) is 13.5. The lowest BCUT2D eigenvalue weighted by Gasteiger charge is -2.24. The summed E-state index contributed by atoms with van der Waals surface area (Å²) in [5.41, 5.74) is 0. The van der Waals surface area contributed by atoms with E-state index in [4.69, 9.17) is 4.74 Å². The van der Waals surface area contributed by atoms with Crippen LogP contribution in [0.4, 0.5) is 0 Å². The molecule has 3 N–H and O–H groups in total. The molecule has 0 saturated heterocycles. The smallest absolute Gasteiger partial charge is 0.0897 e. The van der Waals surface area contributed by atoms with Crippen LogP contribution in [0.3, 0.4) is 0 Å². The molecule has 0 bridgehead atoms. The monoisotopic (exact) mass is 271 g/mol. The minimum atomic E-state index is -0.430. The molecule has 19 heavy (non-hydrogen) atoms. The Balaban J connectivity index is 1.50. The normalized spacial score (nSPS) is 30.6. The molecular weight excluding hydrogens is 242 g/mol. The fraction of sp³-hybridized carbons (Fsp3) is 1.00. The predicted molar refractivity (Wildman–Crippen MR) is 75.0 cm³/mol. The Morgan fingerprint density at radius 2 is 1.84 bits per heavy atom. The number of aliphatic hydroxyl groups excluding tert-OH is 2. The van der Waals surface area contributed by atoms with E-state index in [1.807, 2.05) is 0 Å². The average molecular weight is 271 g/mol. The van der Waals surface area contributed by atoms with E-state index in [0.29, 0.717) is 25.2 Å². The van der Waals surface area contributed by atoms with E-state index in [1.165, 1.54) is 19.3 Å². The minimum Gasteiger partial charge on any atom is -0.393 e. The summed E-state index contributed by atoms with van der Waals surface area (Å²) in [5, 5.41) is 22.8. The van der Waals surface area contributed by atoms with Gasteiger partial charge in [0.1, 0.15) is 0 Å². The van der Waals surface area contributed by atoms with Crippen LogP contribution in [0.1, 0.15) is 51.4 Å². The van der Waals surface area contributed by atoms with E-state index >= 15 is 0 Å². The molecule has 3 atom stereocenters. The van der Waals surface area contributed by atoms with Gasteiger partial charge >= 0.3 is 0 Å². The summed E-state index contributed by atoms with van der Waals surface area (Å²) in [4.78, 5) is 0. The molecule has 4 heteroatoms. The van der Waals surface area contributed by atoms with Crippen molar-refractivity contribution in [3.05, 3.63) is 0 Å². The van der Waals surface area contributed by atoms with Crippen molar-refractivity contribution in [1.29, 1.82) is 0 Å². The van der Waals surface area contributed by atoms with Gasteiger partial charge in [-0.05, 0) is 31.6 Å². The molecule has 112 valence electrons. The van der Waals surface area contributed by atoms with Gasteiger partial charge in [-0.1, -0.05) is 25.7 Å². The summed E-state index contributed by atoms with van der Waals surface area (Å²) in [6, 6.07) is 0. The highest BCUT2D eigenvalue weighted by atomic mass is 16.5. The van der Waals surface area contributed by atoms with Crippen molar-refractivity contribution in [3.8, 4) is 0 Å². The molecule has 2 aliphatic carbocycles. The molecule has 2 saturated carbocycles. The van der Waals surface area contributed by atoms with Gasteiger partial charge in [-0.25, -0.2) is 0 Å². The Morgan fingerprint density at radius 1 is 1.05 bits per heavy atom. The van der Waals surface area contributed by atoms with Crippen LogP contribution in [0.15, 0.2) is 0 Å². The van der Waals surface area contributed by atoms with Crippen molar-refractivity contribution in [2.75, 3.05) is 19.7 Å². The number of ether oxygens (including phenoxy) is 1. The average Bonchev–Trinajstić information content (AvgIpc) is 2.83. The maximum absolute atomic E-state index is 9.87. The van der Waals surface area contributed by atoms with Crippen molar-refractivity contribution in [2.45, 2.75) is 69.7 Å². The second kappa shape index (κ2) is 8.20. The second-order valence-electron chi connectivity index (χ2n) is 6.16. The van der Waals surface area contributed by atoms with Gasteiger partial charge in [-0.3, -0.25) is 0 Å². The Labute approximate surface area is 116 Å². The Morgan fingerprint density at radius 3 is 2.53 bits per heavy atom. The number of hydrogen-bond acceptors (Lipinski definition) is 4. The molecule has 4 nitrogen and oxygen atoms in total. The van der Waals surface area contributed by atoms with Gasteiger partial charge in [0.15, 0.2) is 0 Å². The molecule has 0 aromatic rings. The quantitative estimate of drug-likeness (QED) is 0.656. The van der Waals surface area contributed by atoms with E-state index in [-0.39, 0.29) is 6.10 Å². The van der Waals surface area contributed by atoms with Gasteiger partial charge < -0.3 is 20.3 Å². The lowest BCUT2D eigenvalue weighted by molar-refractivity contribution is -0.0233. The Bertz CT molecular complexity index is 244. The van der Waals surface area contributed by atoms with Crippen molar-refractivity contribution in [2.24, 2.45) is 5.92 Å². The van der Waals surface area contributed by atoms with Gasteiger partial charge in [0, 0.05) is 13.1 Å². The number of aliphatic hydroxyl groups is 2. The highest BCUT2D eigenvalue weighted by molar-refractivity contribution is 4.78. The zero-order valence-electron chi connectivity index (χ0n) is 11.9. The maximum Gasteiger partial charge on any atom is 0.0897 e. The van der Waals surface area contributed by atoms with Crippen LogP contribution in [0.2, 0.25) is 0 Å². The van der Waals surface area contributed by atoms with E-state index in [2.05, 4.69) is 5.32 Å². The molecule has 2 rings (SSSR count). The number of nitrogens with one attached hydrogen (secondary N) is 1. The largest absolute Gasteiger partial charge is 0.393 e. The minimum absolute atomic E-state index is 0.150. The molecule has 0 aliphatic heterocycles. The molecule has 0 aromatic carbocycles. The van der Waals surface area contributed by atoms with Gasteiger partial charge in [-0.2, -0.15) is 0 Å². The van der Waals surface area contributed by atoms with Crippen molar-refractivity contribution < 1.29 is 14.9 Å². The van der Waals surface area contributed by atoms with Gasteiger partial charge in [-0.15, -0.1) is 0 Å². The summed E-state index contributed by atoms with van der Waals surface area (Å²) < 4.78 is 5.75. The second-order valence-corrected chi connectivity index (χ2v) is 6.16. The lowest BCUT2D eigenvalue weighted by Crippen LogP contribution is -2.36. The van der Waals surface area contributed by atoms with Crippen molar-refractivity contribution >= 4 is 0 Å². The van der Waals surface area contributed by atoms with E-state index in [9.17, 15) is 10.2 Å². The van der Waals surface area contributed by atoms with Crippen molar-refractivity contribution in [3.63, 3.8) is 0 Å². The first kappa shape index (κ1) is 15.2. The fourth-order valence-electron chi connectivity index (χ4n) is 3.23. The standard InChI is InChI=1S/C15H29NO3/c17-13(11-19-14-6-2-1-3-7-14)10-16-9-12-5-4-8-15(12)18/h12-18H,1-11H2. The molecule has 0 spiro atoms. The molecule has 0 radical (unpaired) electrons. The van der Waals surface area contributed by atoms with Gasteiger partial charge in [0.05, 0.1) is 24.9 Å². The SMILES string of the molecule is OC(CNCC1CCCC1O)COC1CCCCC1. The first-order valence-corrected chi connectivity index (χ1v) is 7.94. The third-order valence-corrected chi connectivity index (χ3v) is 4.48. The molecule has 3 unspecified atom stereocenters. The van der Waals surface area contributed by atoms with Crippen LogP contribution in [-0.4, -0.2) is 48.2 Å². The Hall–Kier alpha value is -0.160. The van der Waals surface area contributed by atoms with E-state index in [0.717, 1.165) is 38.6 Å². The van der Waals surface area contributed by atoms with E-state index < -0.39 is 6.10 Å². The summed E-state index contributed by atoms with van der Waals surface area (Å²) in [5.74, 6) is 0.367. The van der Waals surface area contributed by atoms with Crippen LogP contribution in [0.25, 0.3) is 0 Å². The zero-order valence-corrected chi connectivity index (χ0v) is 11.9. The van der Waals surface area contributed by atoms with Crippen LogP contribution >= 0.6 is 0 Å². The first-order chi connectivity index (χ1) is 9.25. The molecule has 0 aromatic heterocycles.